The molecule has 8 aromatic rings. The van der Waals surface area contributed by atoms with E-state index in [0.29, 0.717) is 5.82 Å². The molecule has 0 fully saturated rings. The molecule has 0 saturated heterocycles. The van der Waals surface area contributed by atoms with Crippen LogP contribution in [0.4, 0.5) is 0 Å². The van der Waals surface area contributed by atoms with E-state index >= 15 is 0 Å². The van der Waals surface area contributed by atoms with E-state index in [2.05, 4.69) is 145 Å². The van der Waals surface area contributed by atoms with Gasteiger partial charge in [-0.25, -0.2) is 9.97 Å². The average molecular weight is 576 g/mol. The van der Waals surface area contributed by atoms with E-state index in [0.717, 1.165) is 28.2 Å². The standard InChI is InChI=1S/C42H29N3/c1-42(30-19-9-4-10-20-30)34-23-13-11-22-33(34)39-35(42)26-25-32-31-21-12-14-24-37(31)45(40(32)39)38-27-36(28-15-5-2-6-16-28)43-41(44-38)29-17-7-3-8-18-29/h2-27H,1H3. The molecule has 0 spiro atoms. The summed E-state index contributed by atoms with van der Waals surface area (Å²) in [6, 6.07) is 56.0. The van der Waals surface area contributed by atoms with Crippen molar-refractivity contribution in [2.24, 2.45) is 0 Å². The number of fused-ring (bicyclic) bond motifs is 7. The topological polar surface area (TPSA) is 30.7 Å². The molecule has 1 unspecified atom stereocenters. The van der Waals surface area contributed by atoms with Gasteiger partial charge < -0.3 is 0 Å². The maximum atomic E-state index is 5.30. The van der Waals surface area contributed by atoms with Gasteiger partial charge in [-0.2, -0.15) is 0 Å². The fourth-order valence-corrected chi connectivity index (χ4v) is 7.37. The van der Waals surface area contributed by atoms with Crippen LogP contribution in [-0.4, -0.2) is 14.5 Å². The van der Waals surface area contributed by atoms with E-state index < -0.39 is 0 Å². The van der Waals surface area contributed by atoms with Gasteiger partial charge in [0.15, 0.2) is 5.82 Å². The van der Waals surface area contributed by atoms with Crippen molar-refractivity contribution in [2.75, 3.05) is 0 Å². The molecule has 0 aliphatic heterocycles. The summed E-state index contributed by atoms with van der Waals surface area (Å²) in [5.74, 6) is 1.56. The fourth-order valence-electron chi connectivity index (χ4n) is 7.37. The highest BCUT2D eigenvalue weighted by atomic mass is 15.1. The Labute approximate surface area is 262 Å². The first-order chi connectivity index (χ1) is 22.2. The number of rotatable bonds is 4. The largest absolute Gasteiger partial charge is 0.293 e. The van der Waals surface area contributed by atoms with Crippen LogP contribution in [0.3, 0.4) is 0 Å². The summed E-state index contributed by atoms with van der Waals surface area (Å²) in [5.41, 5.74) is 11.4. The first-order valence-corrected chi connectivity index (χ1v) is 15.4. The first kappa shape index (κ1) is 25.7. The number of aromatic nitrogens is 3. The molecule has 0 saturated carbocycles. The molecule has 2 aromatic heterocycles. The zero-order chi connectivity index (χ0) is 30.0. The minimum atomic E-state index is -0.293. The monoisotopic (exact) mass is 575 g/mol. The molecule has 9 rings (SSSR count). The number of hydrogen-bond acceptors (Lipinski definition) is 2. The van der Waals surface area contributed by atoms with Gasteiger partial charge >= 0.3 is 0 Å². The van der Waals surface area contributed by atoms with E-state index in [-0.39, 0.29) is 5.41 Å². The van der Waals surface area contributed by atoms with Crippen LogP contribution in [0, 0.1) is 0 Å². The fraction of sp³-hybridized carbons (Fsp3) is 0.0476. The third kappa shape index (κ3) is 3.77. The number of para-hydroxylation sites is 1. The Morgan fingerprint density at radius 3 is 1.96 bits per heavy atom. The van der Waals surface area contributed by atoms with Gasteiger partial charge in [0, 0.05) is 38.9 Å². The maximum absolute atomic E-state index is 5.30. The van der Waals surface area contributed by atoms with Gasteiger partial charge in [0.2, 0.25) is 0 Å². The Hall–Kier alpha value is -5.80. The Morgan fingerprint density at radius 2 is 1.18 bits per heavy atom. The SMILES string of the molecule is CC1(c2ccccc2)c2ccccc2-c2c1ccc1c3ccccc3n(-c3cc(-c4ccccc4)nc(-c4ccccc4)n3)c21. The molecule has 0 amide bonds. The summed E-state index contributed by atoms with van der Waals surface area (Å²) < 4.78 is 2.37. The van der Waals surface area contributed by atoms with Crippen molar-refractivity contribution < 1.29 is 0 Å². The van der Waals surface area contributed by atoms with Crippen molar-refractivity contribution in [2.45, 2.75) is 12.3 Å². The van der Waals surface area contributed by atoms with Crippen LogP contribution in [0.2, 0.25) is 0 Å². The molecule has 2 heterocycles. The van der Waals surface area contributed by atoms with E-state index in [1.807, 2.05) is 24.3 Å². The summed E-state index contributed by atoms with van der Waals surface area (Å²) in [5, 5.41) is 2.43. The second-order valence-corrected chi connectivity index (χ2v) is 11.9. The zero-order valence-corrected chi connectivity index (χ0v) is 24.9. The lowest BCUT2D eigenvalue weighted by Crippen LogP contribution is -2.22. The number of hydrogen-bond donors (Lipinski definition) is 0. The van der Waals surface area contributed by atoms with Crippen molar-refractivity contribution >= 4 is 21.8 Å². The van der Waals surface area contributed by atoms with Gasteiger partial charge in [-0.15, -0.1) is 0 Å². The quantitative estimate of drug-likeness (QED) is 0.209. The van der Waals surface area contributed by atoms with Crippen LogP contribution in [0.1, 0.15) is 23.6 Å². The predicted octanol–water partition coefficient (Wildman–Crippen LogP) is 10.2. The normalized spacial score (nSPS) is 15.3. The van der Waals surface area contributed by atoms with Crippen LogP contribution < -0.4 is 0 Å². The highest BCUT2D eigenvalue weighted by Gasteiger charge is 2.42. The molecule has 1 atom stereocenters. The van der Waals surface area contributed by atoms with E-state index in [9.17, 15) is 0 Å². The van der Waals surface area contributed by atoms with Gasteiger partial charge in [0.05, 0.1) is 16.7 Å². The van der Waals surface area contributed by atoms with Crippen molar-refractivity contribution in [1.29, 1.82) is 0 Å². The third-order valence-electron chi connectivity index (χ3n) is 9.50. The molecule has 45 heavy (non-hydrogen) atoms. The molecular formula is C42H29N3. The van der Waals surface area contributed by atoms with Crippen LogP contribution in [-0.2, 0) is 5.41 Å². The van der Waals surface area contributed by atoms with Crippen LogP contribution >= 0.6 is 0 Å². The van der Waals surface area contributed by atoms with Crippen LogP contribution in [0.15, 0.2) is 158 Å². The molecule has 0 N–H and O–H groups in total. The van der Waals surface area contributed by atoms with Gasteiger partial charge in [0.1, 0.15) is 5.82 Å². The lowest BCUT2D eigenvalue weighted by Gasteiger charge is -2.28. The maximum Gasteiger partial charge on any atom is 0.162 e. The van der Waals surface area contributed by atoms with Gasteiger partial charge in [-0.1, -0.05) is 146 Å². The van der Waals surface area contributed by atoms with Crippen molar-refractivity contribution in [3.8, 4) is 39.6 Å². The molecule has 0 bridgehead atoms. The highest BCUT2D eigenvalue weighted by Crippen LogP contribution is 2.55. The smallest absolute Gasteiger partial charge is 0.162 e. The van der Waals surface area contributed by atoms with Gasteiger partial charge in [-0.05, 0) is 35.2 Å². The minimum absolute atomic E-state index is 0.293. The van der Waals surface area contributed by atoms with Gasteiger partial charge in [-0.3, -0.25) is 4.57 Å². The summed E-state index contributed by atoms with van der Waals surface area (Å²) in [6.45, 7) is 2.37. The molecule has 1 aliphatic rings. The predicted molar refractivity (Wildman–Crippen MR) is 185 cm³/mol. The molecule has 6 aromatic carbocycles. The summed E-state index contributed by atoms with van der Waals surface area (Å²) in [6.07, 6.45) is 0. The van der Waals surface area contributed by atoms with Crippen LogP contribution in [0.25, 0.3) is 61.4 Å². The first-order valence-electron chi connectivity index (χ1n) is 15.4. The third-order valence-corrected chi connectivity index (χ3v) is 9.50. The van der Waals surface area contributed by atoms with Crippen molar-refractivity contribution in [3.05, 3.63) is 174 Å². The highest BCUT2D eigenvalue weighted by molar-refractivity contribution is 6.15. The van der Waals surface area contributed by atoms with Gasteiger partial charge in [0.25, 0.3) is 0 Å². The summed E-state index contributed by atoms with van der Waals surface area (Å²) in [4.78, 5) is 10.4. The van der Waals surface area contributed by atoms with E-state index in [1.165, 1.54) is 44.1 Å². The average Bonchev–Trinajstić information content (AvgIpc) is 3.60. The lowest BCUT2D eigenvalue weighted by atomic mass is 9.74. The Kier molecular flexibility index (Phi) is 5.63. The number of nitrogens with zero attached hydrogens (tertiary/aromatic N) is 3. The second kappa shape index (κ2) is 9.87. The zero-order valence-electron chi connectivity index (χ0n) is 24.9. The van der Waals surface area contributed by atoms with Crippen molar-refractivity contribution in [3.63, 3.8) is 0 Å². The molecular weight excluding hydrogens is 546 g/mol. The number of benzene rings is 6. The Balaban J connectivity index is 1.42. The molecule has 3 nitrogen and oxygen atoms in total. The Bertz CT molecular complexity index is 2320. The van der Waals surface area contributed by atoms with E-state index in [1.54, 1.807) is 0 Å². The second-order valence-electron chi connectivity index (χ2n) is 11.9. The molecule has 0 radical (unpaired) electrons. The minimum Gasteiger partial charge on any atom is -0.293 e. The van der Waals surface area contributed by atoms with Crippen molar-refractivity contribution in [1.82, 2.24) is 14.5 Å². The lowest BCUT2D eigenvalue weighted by molar-refractivity contribution is 0.714. The Morgan fingerprint density at radius 1 is 0.533 bits per heavy atom. The molecule has 212 valence electrons. The van der Waals surface area contributed by atoms with Crippen LogP contribution in [0.5, 0.6) is 0 Å². The summed E-state index contributed by atoms with van der Waals surface area (Å²) >= 11 is 0. The molecule has 3 heteroatoms. The van der Waals surface area contributed by atoms with E-state index in [4.69, 9.17) is 9.97 Å². The molecule has 1 aliphatic carbocycles. The summed E-state index contributed by atoms with van der Waals surface area (Å²) in [7, 11) is 0.